The zero-order valence-electron chi connectivity index (χ0n) is 17.6. The van der Waals surface area contributed by atoms with Crippen LogP contribution < -0.4 is 10.6 Å². The zero-order chi connectivity index (χ0) is 20.9. The molecule has 1 amide bonds. The zero-order valence-corrected chi connectivity index (χ0v) is 17.6. The lowest BCUT2D eigenvalue weighted by atomic mass is 10.1. The number of ether oxygens (including phenoxy) is 1. The molecule has 1 fully saturated rings. The minimum atomic E-state index is -0.136. The predicted octanol–water partition coefficient (Wildman–Crippen LogP) is 3.53. The van der Waals surface area contributed by atoms with Gasteiger partial charge in [-0.25, -0.2) is 9.67 Å². The third-order valence-corrected chi connectivity index (χ3v) is 5.66. The van der Waals surface area contributed by atoms with Crippen molar-refractivity contribution in [3.8, 4) is 0 Å². The number of amides is 1. The van der Waals surface area contributed by atoms with E-state index in [9.17, 15) is 4.79 Å². The van der Waals surface area contributed by atoms with Crippen LogP contribution in [-0.2, 0) is 24.2 Å². The van der Waals surface area contributed by atoms with E-state index in [1.54, 1.807) is 12.4 Å². The third kappa shape index (κ3) is 4.31. The van der Waals surface area contributed by atoms with Crippen molar-refractivity contribution >= 4 is 22.6 Å². The summed E-state index contributed by atoms with van der Waals surface area (Å²) >= 11 is 0. The Morgan fingerprint density at radius 1 is 1.13 bits per heavy atom. The van der Waals surface area contributed by atoms with Gasteiger partial charge >= 0.3 is 0 Å². The lowest BCUT2D eigenvalue weighted by Crippen LogP contribution is -2.30. The number of hydrogen-bond donors (Lipinski definition) is 2. The second-order valence-corrected chi connectivity index (χ2v) is 7.63. The van der Waals surface area contributed by atoms with E-state index in [-0.39, 0.29) is 11.9 Å². The molecule has 1 aliphatic rings. The second-order valence-electron chi connectivity index (χ2n) is 7.63. The van der Waals surface area contributed by atoms with Gasteiger partial charge in [0.25, 0.3) is 5.91 Å². The minimum Gasteiger partial charge on any atom is -0.381 e. The molecule has 0 unspecified atom stereocenters. The number of hydrogen-bond acceptors (Lipinski definition) is 5. The van der Waals surface area contributed by atoms with Crippen LogP contribution in [0, 0.1) is 0 Å². The first-order valence-corrected chi connectivity index (χ1v) is 10.7. The normalized spacial score (nSPS) is 14.7. The molecule has 0 radical (unpaired) electrons. The summed E-state index contributed by atoms with van der Waals surface area (Å²) in [5, 5.41) is 11.9. The first kappa shape index (κ1) is 20.3. The van der Waals surface area contributed by atoms with Crippen LogP contribution >= 0.6 is 0 Å². The maximum atomic E-state index is 13.1. The summed E-state index contributed by atoms with van der Waals surface area (Å²) in [4.78, 5) is 17.6. The lowest BCUT2D eigenvalue weighted by molar-refractivity contribution is 0.0904. The third-order valence-electron chi connectivity index (χ3n) is 5.66. The number of nitrogens with zero attached hydrogens (tertiary/aromatic N) is 3. The summed E-state index contributed by atoms with van der Waals surface area (Å²) in [5.74, 6) is -0.136. The topological polar surface area (TPSA) is 81.1 Å². The van der Waals surface area contributed by atoms with Crippen molar-refractivity contribution in [1.82, 2.24) is 20.1 Å². The summed E-state index contributed by atoms with van der Waals surface area (Å²) in [7, 11) is 0. The Kier molecular flexibility index (Phi) is 6.28. The molecule has 0 atom stereocenters. The Labute approximate surface area is 176 Å². The molecule has 4 rings (SSSR count). The standard InChI is InChI=1S/C23H29N5O2/c1-3-16-5-7-17(8-6-16)13-25-23(29)20-14-24-22-19(15-26-28(22)4-2)21(20)27-18-9-11-30-12-10-18/h5-8,14-15,18H,3-4,9-13H2,1-2H3,(H,24,27)(H,25,29). The Hall–Kier alpha value is -2.93. The van der Waals surface area contributed by atoms with Gasteiger partial charge in [-0.2, -0.15) is 5.10 Å². The van der Waals surface area contributed by atoms with Gasteiger partial charge in [-0.15, -0.1) is 0 Å². The monoisotopic (exact) mass is 407 g/mol. The molecule has 0 saturated carbocycles. The highest BCUT2D eigenvalue weighted by molar-refractivity contribution is 6.06. The molecule has 2 N–H and O–H groups in total. The highest BCUT2D eigenvalue weighted by Crippen LogP contribution is 2.28. The number of pyridine rings is 1. The van der Waals surface area contributed by atoms with Gasteiger partial charge in [0.2, 0.25) is 0 Å². The molecule has 1 aliphatic heterocycles. The molecule has 3 aromatic rings. The quantitative estimate of drug-likeness (QED) is 0.626. The van der Waals surface area contributed by atoms with Crippen LogP contribution in [-0.4, -0.2) is 39.9 Å². The smallest absolute Gasteiger partial charge is 0.255 e. The second kappa shape index (κ2) is 9.26. The van der Waals surface area contributed by atoms with E-state index in [1.807, 2.05) is 11.6 Å². The number of fused-ring (bicyclic) bond motifs is 1. The van der Waals surface area contributed by atoms with Gasteiger partial charge in [0.15, 0.2) is 5.65 Å². The maximum Gasteiger partial charge on any atom is 0.255 e. The van der Waals surface area contributed by atoms with Crippen molar-refractivity contribution in [3.05, 3.63) is 53.3 Å². The van der Waals surface area contributed by atoms with Crippen LogP contribution in [0.1, 0.15) is 48.2 Å². The molecule has 7 heteroatoms. The van der Waals surface area contributed by atoms with E-state index < -0.39 is 0 Å². The van der Waals surface area contributed by atoms with E-state index >= 15 is 0 Å². The first-order chi connectivity index (χ1) is 14.7. The van der Waals surface area contributed by atoms with Gasteiger partial charge in [0, 0.05) is 38.5 Å². The fourth-order valence-corrected chi connectivity index (χ4v) is 3.80. The van der Waals surface area contributed by atoms with E-state index in [0.29, 0.717) is 12.1 Å². The van der Waals surface area contributed by atoms with Crippen LogP contribution in [0.3, 0.4) is 0 Å². The van der Waals surface area contributed by atoms with Crippen LogP contribution in [0.15, 0.2) is 36.7 Å². The fraction of sp³-hybridized carbons (Fsp3) is 0.435. The molecule has 30 heavy (non-hydrogen) atoms. The maximum absolute atomic E-state index is 13.1. The van der Waals surface area contributed by atoms with Gasteiger partial charge in [0.05, 0.1) is 22.8 Å². The van der Waals surface area contributed by atoms with E-state index in [4.69, 9.17) is 4.74 Å². The number of anilines is 1. The van der Waals surface area contributed by atoms with Gasteiger partial charge in [-0.1, -0.05) is 31.2 Å². The summed E-state index contributed by atoms with van der Waals surface area (Å²) in [6.45, 7) is 6.83. The summed E-state index contributed by atoms with van der Waals surface area (Å²) in [5.41, 5.74) is 4.52. The van der Waals surface area contributed by atoms with Crippen molar-refractivity contribution in [2.45, 2.75) is 52.2 Å². The van der Waals surface area contributed by atoms with Crippen molar-refractivity contribution in [2.24, 2.45) is 0 Å². The lowest BCUT2D eigenvalue weighted by Gasteiger charge is -2.25. The predicted molar refractivity (Wildman–Crippen MR) is 118 cm³/mol. The van der Waals surface area contributed by atoms with Gasteiger partial charge in [-0.05, 0) is 37.3 Å². The number of aromatic nitrogens is 3. The van der Waals surface area contributed by atoms with E-state index in [1.165, 1.54) is 5.56 Å². The summed E-state index contributed by atoms with van der Waals surface area (Å²) < 4.78 is 7.33. The number of carbonyl (C=O) groups is 1. The number of rotatable bonds is 7. The van der Waals surface area contributed by atoms with Crippen LogP contribution in [0.5, 0.6) is 0 Å². The summed E-state index contributed by atoms with van der Waals surface area (Å²) in [6, 6.07) is 8.60. The van der Waals surface area contributed by atoms with Crippen LogP contribution in [0.4, 0.5) is 5.69 Å². The van der Waals surface area contributed by atoms with Crippen LogP contribution in [0.25, 0.3) is 11.0 Å². The van der Waals surface area contributed by atoms with Gasteiger partial charge in [0.1, 0.15) is 0 Å². The molecule has 0 spiro atoms. The molecule has 7 nitrogen and oxygen atoms in total. The van der Waals surface area contributed by atoms with Crippen molar-refractivity contribution < 1.29 is 9.53 Å². The number of nitrogens with one attached hydrogen (secondary N) is 2. The Morgan fingerprint density at radius 3 is 2.57 bits per heavy atom. The van der Waals surface area contributed by atoms with E-state index in [2.05, 4.69) is 51.9 Å². The Bertz CT molecular complexity index is 1010. The highest BCUT2D eigenvalue weighted by Gasteiger charge is 2.22. The molecule has 0 aliphatic carbocycles. The molecule has 1 aromatic carbocycles. The molecular weight excluding hydrogens is 378 g/mol. The van der Waals surface area contributed by atoms with Crippen molar-refractivity contribution in [3.63, 3.8) is 0 Å². The largest absolute Gasteiger partial charge is 0.381 e. The van der Waals surface area contributed by atoms with E-state index in [0.717, 1.165) is 61.3 Å². The molecule has 1 saturated heterocycles. The highest BCUT2D eigenvalue weighted by atomic mass is 16.5. The molecule has 158 valence electrons. The first-order valence-electron chi connectivity index (χ1n) is 10.7. The summed E-state index contributed by atoms with van der Waals surface area (Å²) in [6.07, 6.45) is 6.29. The Balaban J connectivity index is 1.59. The molecular formula is C23H29N5O2. The number of aryl methyl sites for hydroxylation is 2. The minimum absolute atomic E-state index is 0.136. The van der Waals surface area contributed by atoms with Gasteiger partial charge in [-0.3, -0.25) is 4.79 Å². The molecule has 2 aromatic heterocycles. The van der Waals surface area contributed by atoms with Crippen LogP contribution in [0.2, 0.25) is 0 Å². The fourth-order valence-electron chi connectivity index (χ4n) is 3.80. The SMILES string of the molecule is CCc1ccc(CNC(=O)c2cnc3c(cnn3CC)c2NC2CCOCC2)cc1. The molecule has 0 bridgehead atoms. The number of carbonyl (C=O) groups excluding carboxylic acids is 1. The van der Waals surface area contributed by atoms with Crippen molar-refractivity contribution in [2.75, 3.05) is 18.5 Å². The number of benzene rings is 1. The van der Waals surface area contributed by atoms with Crippen molar-refractivity contribution in [1.29, 1.82) is 0 Å². The van der Waals surface area contributed by atoms with Gasteiger partial charge < -0.3 is 15.4 Å². The Morgan fingerprint density at radius 2 is 1.87 bits per heavy atom. The average Bonchev–Trinajstić information content (AvgIpc) is 3.22. The average molecular weight is 408 g/mol. The molecule has 3 heterocycles.